The lowest BCUT2D eigenvalue weighted by molar-refractivity contribution is -0.131. The van der Waals surface area contributed by atoms with E-state index in [4.69, 9.17) is 4.74 Å². The van der Waals surface area contributed by atoms with Crippen LogP contribution in [0.15, 0.2) is 18.5 Å². The zero-order valence-corrected chi connectivity index (χ0v) is 16.3. The van der Waals surface area contributed by atoms with Crippen molar-refractivity contribution >= 4 is 12.0 Å². The van der Waals surface area contributed by atoms with Gasteiger partial charge in [-0.3, -0.25) is 14.4 Å². The first-order valence-electron chi connectivity index (χ1n) is 10.1. The van der Waals surface area contributed by atoms with Gasteiger partial charge in [-0.15, -0.1) is 0 Å². The van der Waals surface area contributed by atoms with E-state index in [1.165, 1.54) is 0 Å². The summed E-state index contributed by atoms with van der Waals surface area (Å²) >= 11 is 0. The average molecular weight is 377 g/mol. The first-order valence-corrected chi connectivity index (χ1v) is 10.1. The largest absolute Gasteiger partial charge is 0.450 e. The minimum atomic E-state index is -0.194. The molecule has 8 nitrogen and oxygen atoms in total. The van der Waals surface area contributed by atoms with Gasteiger partial charge in [-0.2, -0.15) is 5.10 Å². The number of ether oxygens (including phenoxy) is 1. The van der Waals surface area contributed by atoms with Gasteiger partial charge < -0.3 is 14.5 Å². The third-order valence-corrected chi connectivity index (χ3v) is 5.50. The molecule has 0 bridgehead atoms. The van der Waals surface area contributed by atoms with Crippen LogP contribution in [-0.4, -0.2) is 88.4 Å². The van der Waals surface area contributed by atoms with E-state index < -0.39 is 0 Å². The van der Waals surface area contributed by atoms with Crippen LogP contribution in [0.1, 0.15) is 32.6 Å². The number of carbonyl (C=O) groups excluding carboxylic acids is 2. The fraction of sp³-hybridized carbons (Fsp3) is 0.737. The van der Waals surface area contributed by atoms with E-state index >= 15 is 0 Å². The minimum absolute atomic E-state index is 0.194. The predicted molar refractivity (Wildman–Crippen MR) is 101 cm³/mol. The van der Waals surface area contributed by atoms with E-state index in [1.54, 1.807) is 10.9 Å². The maximum absolute atomic E-state index is 12.5. The Bertz CT molecular complexity index is 598. The van der Waals surface area contributed by atoms with Gasteiger partial charge in [0.15, 0.2) is 0 Å². The molecule has 0 spiro atoms. The molecule has 2 fully saturated rings. The number of piperidine rings is 1. The third kappa shape index (κ3) is 5.45. The number of nitrogens with zero attached hydrogens (tertiary/aromatic N) is 5. The van der Waals surface area contributed by atoms with E-state index in [9.17, 15) is 9.59 Å². The van der Waals surface area contributed by atoms with Crippen LogP contribution in [0.5, 0.6) is 0 Å². The molecule has 3 rings (SSSR count). The van der Waals surface area contributed by atoms with Gasteiger partial charge in [0.2, 0.25) is 5.91 Å². The number of aromatic nitrogens is 2. The summed E-state index contributed by atoms with van der Waals surface area (Å²) in [7, 11) is 0. The number of likely N-dealkylation sites (tertiary alicyclic amines) is 1. The maximum atomic E-state index is 12.5. The van der Waals surface area contributed by atoms with Gasteiger partial charge in [0.25, 0.3) is 0 Å². The van der Waals surface area contributed by atoms with Crippen LogP contribution in [0.2, 0.25) is 0 Å². The van der Waals surface area contributed by atoms with Crippen molar-refractivity contribution < 1.29 is 14.3 Å². The highest BCUT2D eigenvalue weighted by Crippen LogP contribution is 2.19. The number of hydrogen-bond acceptors (Lipinski definition) is 5. The van der Waals surface area contributed by atoms with Crippen molar-refractivity contribution in [2.45, 2.75) is 45.2 Å². The van der Waals surface area contributed by atoms with Crippen LogP contribution in [0.3, 0.4) is 0 Å². The van der Waals surface area contributed by atoms with Crippen molar-refractivity contribution in [3.8, 4) is 0 Å². The van der Waals surface area contributed by atoms with E-state index in [-0.39, 0.29) is 12.0 Å². The number of rotatable bonds is 5. The van der Waals surface area contributed by atoms with Crippen molar-refractivity contribution in [1.82, 2.24) is 24.5 Å². The van der Waals surface area contributed by atoms with Crippen LogP contribution in [0.4, 0.5) is 4.79 Å². The van der Waals surface area contributed by atoms with Crippen LogP contribution in [0, 0.1) is 0 Å². The Balaban J connectivity index is 1.42. The molecule has 2 aliphatic rings. The Morgan fingerprint density at radius 2 is 1.89 bits per heavy atom. The second-order valence-electron chi connectivity index (χ2n) is 7.21. The summed E-state index contributed by atoms with van der Waals surface area (Å²) in [5.74, 6) is 0.212. The maximum Gasteiger partial charge on any atom is 0.409 e. The Labute approximate surface area is 161 Å². The fourth-order valence-corrected chi connectivity index (χ4v) is 3.98. The molecular formula is C19H31N5O3. The quantitative estimate of drug-likeness (QED) is 0.776. The van der Waals surface area contributed by atoms with Crippen molar-refractivity contribution in [2.75, 3.05) is 45.9 Å². The van der Waals surface area contributed by atoms with E-state index in [0.717, 1.165) is 58.5 Å². The molecule has 27 heavy (non-hydrogen) atoms. The van der Waals surface area contributed by atoms with Gasteiger partial charge >= 0.3 is 6.09 Å². The van der Waals surface area contributed by atoms with Gasteiger partial charge in [-0.1, -0.05) is 0 Å². The molecule has 0 aromatic carbocycles. The van der Waals surface area contributed by atoms with Gasteiger partial charge in [-0.25, -0.2) is 4.79 Å². The second-order valence-corrected chi connectivity index (χ2v) is 7.21. The number of aryl methyl sites for hydroxylation is 1. The highest BCUT2D eigenvalue weighted by Gasteiger charge is 2.29. The lowest BCUT2D eigenvalue weighted by atomic mass is 10.0. The van der Waals surface area contributed by atoms with Gasteiger partial charge in [0, 0.05) is 70.7 Å². The Morgan fingerprint density at radius 3 is 2.59 bits per heavy atom. The lowest BCUT2D eigenvalue weighted by Gasteiger charge is -2.37. The second kappa shape index (κ2) is 9.73. The average Bonchev–Trinajstić information content (AvgIpc) is 3.09. The number of amides is 2. The molecule has 0 aliphatic carbocycles. The summed E-state index contributed by atoms with van der Waals surface area (Å²) in [5, 5.41) is 4.16. The number of carbonyl (C=O) groups is 2. The van der Waals surface area contributed by atoms with Crippen LogP contribution in [-0.2, 0) is 16.1 Å². The summed E-state index contributed by atoms with van der Waals surface area (Å²) in [6.07, 6.45) is 6.89. The first-order chi connectivity index (χ1) is 13.2. The molecule has 0 radical (unpaired) electrons. The molecular weight excluding hydrogens is 346 g/mol. The SMILES string of the molecule is CCOC(=O)N1CCC(N2CCCN(C(=O)CCn3cccn3)CC2)CC1. The van der Waals surface area contributed by atoms with Crippen LogP contribution in [0.25, 0.3) is 0 Å². The summed E-state index contributed by atoms with van der Waals surface area (Å²) in [5.41, 5.74) is 0. The van der Waals surface area contributed by atoms with E-state index in [0.29, 0.717) is 25.6 Å². The molecule has 0 unspecified atom stereocenters. The molecule has 1 aromatic heterocycles. The van der Waals surface area contributed by atoms with Crippen molar-refractivity contribution in [2.24, 2.45) is 0 Å². The van der Waals surface area contributed by atoms with E-state index in [1.807, 2.05) is 29.0 Å². The highest BCUT2D eigenvalue weighted by atomic mass is 16.6. The topological polar surface area (TPSA) is 70.9 Å². The summed E-state index contributed by atoms with van der Waals surface area (Å²) in [6, 6.07) is 2.37. The molecule has 0 N–H and O–H groups in total. The smallest absolute Gasteiger partial charge is 0.409 e. The molecule has 8 heteroatoms. The summed E-state index contributed by atoms with van der Waals surface area (Å²) in [4.78, 5) is 30.7. The van der Waals surface area contributed by atoms with Crippen molar-refractivity contribution in [3.05, 3.63) is 18.5 Å². The van der Waals surface area contributed by atoms with Crippen LogP contribution < -0.4 is 0 Å². The predicted octanol–water partition coefficient (Wildman–Crippen LogP) is 1.43. The van der Waals surface area contributed by atoms with Crippen molar-refractivity contribution in [1.29, 1.82) is 0 Å². The zero-order valence-electron chi connectivity index (χ0n) is 16.3. The van der Waals surface area contributed by atoms with Gasteiger partial charge in [0.1, 0.15) is 0 Å². The summed E-state index contributed by atoms with van der Waals surface area (Å²) < 4.78 is 6.90. The lowest BCUT2D eigenvalue weighted by Crippen LogP contribution is -2.48. The fourth-order valence-electron chi connectivity index (χ4n) is 3.98. The monoisotopic (exact) mass is 377 g/mol. The van der Waals surface area contributed by atoms with Crippen LogP contribution >= 0.6 is 0 Å². The molecule has 2 amide bonds. The molecule has 0 saturated carbocycles. The van der Waals surface area contributed by atoms with Gasteiger partial charge in [-0.05, 0) is 32.3 Å². The van der Waals surface area contributed by atoms with E-state index in [2.05, 4.69) is 10.00 Å². The Kier molecular flexibility index (Phi) is 7.09. The Hall–Kier alpha value is -2.09. The third-order valence-electron chi connectivity index (χ3n) is 5.50. The van der Waals surface area contributed by atoms with Gasteiger partial charge in [0.05, 0.1) is 6.61 Å². The molecule has 2 aliphatic heterocycles. The standard InChI is InChI=1S/C19H31N5O3/c1-2-27-19(26)23-12-5-17(6-13-23)21-9-4-10-22(16-15-21)18(25)7-14-24-11-3-8-20-24/h3,8,11,17H,2,4-7,9-10,12-16H2,1H3. The molecule has 0 atom stereocenters. The highest BCUT2D eigenvalue weighted by molar-refractivity contribution is 5.76. The van der Waals surface area contributed by atoms with Crippen molar-refractivity contribution in [3.63, 3.8) is 0 Å². The molecule has 1 aromatic rings. The Morgan fingerprint density at radius 1 is 1.07 bits per heavy atom. The molecule has 150 valence electrons. The zero-order chi connectivity index (χ0) is 19.1. The molecule has 3 heterocycles. The first kappa shape index (κ1) is 19.7. The summed E-state index contributed by atoms with van der Waals surface area (Å²) in [6.45, 7) is 7.97. The minimum Gasteiger partial charge on any atom is -0.450 e. The molecule has 2 saturated heterocycles. The normalized spacial score (nSPS) is 19.7. The number of hydrogen-bond donors (Lipinski definition) is 0.